The van der Waals surface area contributed by atoms with Gasteiger partial charge in [-0.15, -0.1) is 0 Å². The van der Waals surface area contributed by atoms with Crippen molar-refractivity contribution < 1.29 is 0 Å². The molecule has 0 aliphatic heterocycles. The molecule has 6 nitrogen and oxygen atoms in total. The molecule has 0 aliphatic carbocycles. The molecule has 0 fully saturated rings. The molecule has 0 radical (unpaired) electrons. The standard InChI is InChI=1S/C9H10N6S/c1-3-12-8-13-7(6(4-10)5-11)14-9(15-8)16-2/h6H,3H2,1-2H3,(H,12,13,14,15). The third-order valence-electron chi connectivity index (χ3n) is 1.67. The molecule has 1 aromatic rings. The molecule has 0 spiro atoms. The van der Waals surface area contributed by atoms with Crippen LogP contribution in [0.5, 0.6) is 0 Å². The second-order valence-electron chi connectivity index (χ2n) is 2.73. The maximum Gasteiger partial charge on any atom is 0.227 e. The fourth-order valence-electron chi connectivity index (χ4n) is 0.974. The summed E-state index contributed by atoms with van der Waals surface area (Å²) >= 11 is 1.34. The summed E-state index contributed by atoms with van der Waals surface area (Å²) in [4.78, 5) is 12.2. The Hall–Kier alpha value is -1.86. The van der Waals surface area contributed by atoms with E-state index in [0.717, 1.165) is 0 Å². The van der Waals surface area contributed by atoms with Crippen molar-refractivity contribution in [1.82, 2.24) is 15.0 Å². The van der Waals surface area contributed by atoms with E-state index in [4.69, 9.17) is 10.5 Å². The number of rotatable bonds is 4. The molecule has 0 aromatic carbocycles. The number of hydrogen-bond donors (Lipinski definition) is 1. The van der Waals surface area contributed by atoms with Crippen LogP contribution in [0.25, 0.3) is 0 Å². The van der Waals surface area contributed by atoms with Crippen LogP contribution in [-0.4, -0.2) is 27.8 Å². The van der Waals surface area contributed by atoms with Crippen molar-refractivity contribution in [2.75, 3.05) is 18.1 Å². The maximum absolute atomic E-state index is 8.76. The quantitative estimate of drug-likeness (QED) is 0.780. The molecule has 82 valence electrons. The highest BCUT2D eigenvalue weighted by atomic mass is 32.2. The van der Waals surface area contributed by atoms with E-state index >= 15 is 0 Å². The molecule has 0 aliphatic rings. The van der Waals surface area contributed by atoms with E-state index < -0.39 is 5.92 Å². The van der Waals surface area contributed by atoms with Crippen molar-refractivity contribution >= 4 is 17.7 Å². The first-order valence-electron chi connectivity index (χ1n) is 4.58. The highest BCUT2D eigenvalue weighted by molar-refractivity contribution is 7.98. The van der Waals surface area contributed by atoms with Crippen LogP contribution in [0.3, 0.4) is 0 Å². The lowest BCUT2D eigenvalue weighted by Gasteiger charge is -2.05. The van der Waals surface area contributed by atoms with Crippen LogP contribution in [0, 0.1) is 22.7 Å². The van der Waals surface area contributed by atoms with Gasteiger partial charge < -0.3 is 5.32 Å². The Balaban J connectivity index is 3.14. The van der Waals surface area contributed by atoms with Crippen molar-refractivity contribution in [3.05, 3.63) is 5.82 Å². The minimum Gasteiger partial charge on any atom is -0.354 e. The summed E-state index contributed by atoms with van der Waals surface area (Å²) in [6.45, 7) is 2.58. The first kappa shape index (κ1) is 12.2. The van der Waals surface area contributed by atoms with Crippen LogP contribution in [0.2, 0.25) is 0 Å². The summed E-state index contributed by atoms with van der Waals surface area (Å²) < 4.78 is 0. The molecule has 0 amide bonds. The lowest BCUT2D eigenvalue weighted by atomic mass is 10.2. The van der Waals surface area contributed by atoms with Gasteiger partial charge in [0.25, 0.3) is 0 Å². The van der Waals surface area contributed by atoms with E-state index in [2.05, 4.69) is 20.3 Å². The SMILES string of the molecule is CCNc1nc(SC)nc(C(C#N)C#N)n1. The zero-order chi connectivity index (χ0) is 12.0. The molecule has 0 saturated carbocycles. The van der Waals surface area contributed by atoms with Crippen LogP contribution in [-0.2, 0) is 0 Å². The van der Waals surface area contributed by atoms with E-state index in [0.29, 0.717) is 17.6 Å². The fourth-order valence-corrected chi connectivity index (χ4v) is 1.34. The molecule has 0 saturated heterocycles. The van der Waals surface area contributed by atoms with Crippen molar-refractivity contribution in [3.63, 3.8) is 0 Å². The Morgan fingerprint density at radius 3 is 2.50 bits per heavy atom. The summed E-state index contributed by atoms with van der Waals surface area (Å²) in [7, 11) is 0. The third-order valence-corrected chi connectivity index (χ3v) is 2.21. The molecule has 0 bridgehead atoms. The van der Waals surface area contributed by atoms with E-state index in [1.165, 1.54) is 11.8 Å². The summed E-state index contributed by atoms with van der Waals surface area (Å²) in [5.41, 5.74) is 0. The number of hydrogen-bond acceptors (Lipinski definition) is 7. The minimum atomic E-state index is -0.952. The van der Waals surface area contributed by atoms with E-state index in [1.54, 1.807) is 0 Å². The molecule has 7 heteroatoms. The van der Waals surface area contributed by atoms with Crippen LogP contribution >= 0.6 is 11.8 Å². The highest BCUT2D eigenvalue weighted by Crippen LogP contribution is 2.15. The predicted molar refractivity (Wildman–Crippen MR) is 59.7 cm³/mol. The van der Waals surface area contributed by atoms with Crippen LogP contribution in [0.15, 0.2) is 5.16 Å². The summed E-state index contributed by atoms with van der Waals surface area (Å²) in [5.74, 6) is -0.362. The van der Waals surface area contributed by atoms with Gasteiger partial charge in [0, 0.05) is 6.54 Å². The van der Waals surface area contributed by atoms with Gasteiger partial charge in [-0.05, 0) is 13.2 Å². The summed E-state index contributed by atoms with van der Waals surface area (Å²) in [6.07, 6.45) is 1.82. The predicted octanol–water partition coefficient (Wildman–Crippen LogP) is 1.16. The first-order chi connectivity index (χ1) is 7.74. The van der Waals surface area contributed by atoms with E-state index in [9.17, 15) is 0 Å². The van der Waals surface area contributed by atoms with Gasteiger partial charge >= 0.3 is 0 Å². The van der Waals surface area contributed by atoms with E-state index in [1.807, 2.05) is 25.3 Å². The highest BCUT2D eigenvalue weighted by Gasteiger charge is 2.15. The minimum absolute atomic E-state index is 0.195. The monoisotopic (exact) mass is 234 g/mol. The van der Waals surface area contributed by atoms with Crippen LogP contribution in [0.4, 0.5) is 5.95 Å². The van der Waals surface area contributed by atoms with Crippen molar-refractivity contribution in [2.24, 2.45) is 0 Å². The van der Waals surface area contributed by atoms with Crippen LogP contribution < -0.4 is 5.32 Å². The lowest BCUT2D eigenvalue weighted by Crippen LogP contribution is -2.09. The topological polar surface area (TPSA) is 98.3 Å². The smallest absolute Gasteiger partial charge is 0.227 e. The zero-order valence-electron chi connectivity index (χ0n) is 8.93. The lowest BCUT2D eigenvalue weighted by molar-refractivity contribution is 0.810. The van der Waals surface area contributed by atoms with Gasteiger partial charge in [-0.3, -0.25) is 0 Å². The number of thioether (sulfide) groups is 1. The van der Waals surface area contributed by atoms with Crippen LogP contribution in [0.1, 0.15) is 18.7 Å². The number of nitrogens with one attached hydrogen (secondary N) is 1. The molecule has 0 unspecified atom stereocenters. The van der Waals surface area contributed by atoms with Gasteiger partial charge in [0.05, 0.1) is 12.1 Å². The Labute approximate surface area is 97.7 Å². The Bertz CT molecular complexity index is 432. The van der Waals surface area contributed by atoms with Gasteiger partial charge in [-0.25, -0.2) is 4.98 Å². The van der Waals surface area contributed by atoms with Crippen molar-refractivity contribution in [2.45, 2.75) is 18.0 Å². The number of anilines is 1. The number of nitriles is 2. The first-order valence-corrected chi connectivity index (χ1v) is 5.80. The fraction of sp³-hybridized carbons (Fsp3) is 0.444. The second kappa shape index (κ2) is 5.89. The van der Waals surface area contributed by atoms with Gasteiger partial charge in [0.1, 0.15) is 0 Å². The van der Waals surface area contributed by atoms with E-state index in [-0.39, 0.29) is 5.82 Å². The molecule has 1 heterocycles. The molecule has 1 rings (SSSR count). The van der Waals surface area contributed by atoms with Gasteiger partial charge in [0.2, 0.25) is 5.95 Å². The average Bonchev–Trinajstić information content (AvgIpc) is 2.31. The van der Waals surface area contributed by atoms with Crippen molar-refractivity contribution in [3.8, 4) is 12.1 Å². The normalized spacial score (nSPS) is 9.56. The molecule has 1 N–H and O–H groups in total. The van der Waals surface area contributed by atoms with Gasteiger partial charge in [-0.2, -0.15) is 20.5 Å². The second-order valence-corrected chi connectivity index (χ2v) is 3.50. The van der Waals surface area contributed by atoms with Gasteiger partial charge in [0.15, 0.2) is 16.9 Å². The summed E-state index contributed by atoms with van der Waals surface area (Å²) in [6, 6.07) is 3.68. The summed E-state index contributed by atoms with van der Waals surface area (Å²) in [5, 5.41) is 21.0. The number of aromatic nitrogens is 3. The molecule has 0 atom stereocenters. The average molecular weight is 234 g/mol. The number of nitrogens with zero attached hydrogens (tertiary/aromatic N) is 5. The maximum atomic E-state index is 8.76. The largest absolute Gasteiger partial charge is 0.354 e. The van der Waals surface area contributed by atoms with Gasteiger partial charge in [-0.1, -0.05) is 11.8 Å². The zero-order valence-corrected chi connectivity index (χ0v) is 9.75. The Kier molecular flexibility index (Phi) is 4.49. The molecule has 1 aromatic heterocycles. The Morgan fingerprint density at radius 1 is 1.31 bits per heavy atom. The molecular formula is C9H10N6S. The molecule has 16 heavy (non-hydrogen) atoms. The Morgan fingerprint density at radius 2 is 2.00 bits per heavy atom. The van der Waals surface area contributed by atoms with Crippen molar-refractivity contribution in [1.29, 1.82) is 10.5 Å². The third kappa shape index (κ3) is 2.81. The molecular weight excluding hydrogens is 224 g/mol.